The lowest BCUT2D eigenvalue weighted by Gasteiger charge is -2.27. The summed E-state index contributed by atoms with van der Waals surface area (Å²) in [6.07, 6.45) is 0.657. The summed E-state index contributed by atoms with van der Waals surface area (Å²) in [5, 5.41) is 0. The number of nitrogens with zero attached hydrogens (tertiary/aromatic N) is 2. The lowest BCUT2D eigenvalue weighted by atomic mass is 10.1. The molecular weight excluding hydrogens is 388 g/mol. The molecule has 0 aliphatic carbocycles. The number of carbonyl (C=O) groups is 1. The number of hydrogen-bond acceptors (Lipinski definition) is 7. The van der Waals surface area contributed by atoms with Gasteiger partial charge in [-0.05, 0) is 12.5 Å². The number of sulfonamides is 1. The van der Waals surface area contributed by atoms with Gasteiger partial charge in [-0.25, -0.2) is 8.42 Å². The first-order valence-electron chi connectivity index (χ1n) is 8.95. The van der Waals surface area contributed by atoms with Gasteiger partial charge in [-0.2, -0.15) is 4.31 Å². The van der Waals surface area contributed by atoms with Crippen LogP contribution in [0.5, 0.6) is 11.5 Å². The minimum atomic E-state index is -3.80. The van der Waals surface area contributed by atoms with Crippen molar-refractivity contribution in [2.45, 2.75) is 11.3 Å². The number of carbonyl (C=O) groups excluding carboxylic acids is 1. The highest BCUT2D eigenvalue weighted by atomic mass is 32.2. The first-order valence-corrected chi connectivity index (χ1v) is 10.4. The average Bonchev–Trinajstić information content (AvgIpc) is 2.72. The van der Waals surface area contributed by atoms with Crippen molar-refractivity contribution in [1.82, 2.24) is 9.21 Å². The second-order valence-electron chi connectivity index (χ2n) is 6.30. The molecule has 0 bridgehead atoms. The van der Waals surface area contributed by atoms with E-state index in [-0.39, 0.29) is 41.0 Å². The third-order valence-corrected chi connectivity index (χ3v) is 6.36. The van der Waals surface area contributed by atoms with Crippen molar-refractivity contribution in [2.24, 2.45) is 0 Å². The molecule has 10 heteroatoms. The van der Waals surface area contributed by atoms with E-state index in [2.05, 4.69) is 0 Å². The molecule has 2 rings (SSSR count). The van der Waals surface area contributed by atoms with E-state index in [1.165, 1.54) is 35.6 Å². The fraction of sp³-hybridized carbons (Fsp3) is 0.611. The van der Waals surface area contributed by atoms with Gasteiger partial charge in [-0.3, -0.25) is 4.79 Å². The lowest BCUT2D eigenvalue weighted by Crippen LogP contribution is -2.40. The molecule has 0 unspecified atom stereocenters. The predicted molar refractivity (Wildman–Crippen MR) is 103 cm³/mol. The van der Waals surface area contributed by atoms with Crippen LogP contribution < -0.4 is 9.47 Å². The third-order valence-electron chi connectivity index (χ3n) is 4.48. The standard InChI is InChI=1S/C18H28N2O7S/c1-19(6-5-9-24-2)18(21)15-12-14(13-16(25-3)17(15)26-4)28(22,23)20-7-10-27-11-8-20/h12-13H,5-11H2,1-4H3. The molecule has 1 heterocycles. The second kappa shape index (κ2) is 10.1. The van der Waals surface area contributed by atoms with Crippen LogP contribution in [0, 0.1) is 0 Å². The molecule has 1 fully saturated rings. The van der Waals surface area contributed by atoms with Gasteiger partial charge in [-0.15, -0.1) is 0 Å². The SMILES string of the molecule is COCCCN(C)C(=O)c1cc(S(=O)(=O)N2CCOCC2)cc(OC)c1OC. The third kappa shape index (κ3) is 4.93. The van der Waals surface area contributed by atoms with Crippen LogP contribution in [0.25, 0.3) is 0 Å². The summed E-state index contributed by atoms with van der Waals surface area (Å²) in [7, 11) is 2.26. The lowest BCUT2D eigenvalue weighted by molar-refractivity contribution is 0.0729. The molecule has 28 heavy (non-hydrogen) atoms. The molecule has 0 radical (unpaired) electrons. The molecule has 158 valence electrons. The molecule has 1 aliphatic rings. The number of methoxy groups -OCH3 is 3. The van der Waals surface area contributed by atoms with E-state index < -0.39 is 10.0 Å². The zero-order chi connectivity index (χ0) is 20.7. The minimum absolute atomic E-state index is 0.0132. The van der Waals surface area contributed by atoms with Gasteiger partial charge in [-0.1, -0.05) is 0 Å². The topological polar surface area (TPSA) is 94.6 Å². The Morgan fingerprint density at radius 3 is 2.43 bits per heavy atom. The molecule has 1 aromatic rings. The Labute approximate surface area is 166 Å². The first kappa shape index (κ1) is 22.4. The van der Waals surface area contributed by atoms with Gasteiger partial charge in [0.1, 0.15) is 0 Å². The number of rotatable bonds is 9. The summed E-state index contributed by atoms with van der Waals surface area (Å²) < 4.78 is 48.3. The molecule has 1 saturated heterocycles. The number of morpholine rings is 1. The number of amides is 1. The van der Waals surface area contributed by atoms with Crippen LogP contribution in [-0.4, -0.2) is 91.4 Å². The van der Waals surface area contributed by atoms with Crippen LogP contribution in [0.15, 0.2) is 17.0 Å². The summed E-state index contributed by atoms with van der Waals surface area (Å²) in [6.45, 7) is 2.16. The second-order valence-corrected chi connectivity index (χ2v) is 8.23. The van der Waals surface area contributed by atoms with Crippen molar-refractivity contribution < 1.29 is 32.2 Å². The predicted octanol–water partition coefficient (Wildman–Crippen LogP) is 0.833. The van der Waals surface area contributed by atoms with Crippen LogP contribution in [0.3, 0.4) is 0 Å². The van der Waals surface area contributed by atoms with Gasteiger partial charge in [0.15, 0.2) is 11.5 Å². The van der Waals surface area contributed by atoms with Gasteiger partial charge in [0.2, 0.25) is 10.0 Å². The fourth-order valence-corrected chi connectivity index (χ4v) is 4.39. The zero-order valence-corrected chi connectivity index (χ0v) is 17.6. The summed E-state index contributed by atoms with van der Waals surface area (Å²) >= 11 is 0. The maximum atomic E-state index is 13.0. The maximum Gasteiger partial charge on any atom is 0.257 e. The van der Waals surface area contributed by atoms with Gasteiger partial charge in [0.25, 0.3) is 5.91 Å². The smallest absolute Gasteiger partial charge is 0.257 e. The van der Waals surface area contributed by atoms with E-state index >= 15 is 0 Å². The van der Waals surface area contributed by atoms with Gasteiger partial charge >= 0.3 is 0 Å². The minimum Gasteiger partial charge on any atom is -0.493 e. The van der Waals surface area contributed by atoms with E-state index in [4.69, 9.17) is 18.9 Å². The molecule has 0 N–H and O–H groups in total. The maximum absolute atomic E-state index is 13.0. The molecule has 0 saturated carbocycles. The summed E-state index contributed by atoms with van der Waals surface area (Å²) in [5.41, 5.74) is 0.133. The van der Waals surface area contributed by atoms with Crippen molar-refractivity contribution in [3.8, 4) is 11.5 Å². The molecule has 0 spiro atoms. The molecule has 0 aromatic heterocycles. The Bertz CT molecular complexity index is 776. The summed E-state index contributed by atoms with van der Waals surface area (Å²) in [5.74, 6) is 0.0303. The van der Waals surface area contributed by atoms with E-state index in [0.717, 1.165) is 0 Å². The highest BCUT2D eigenvalue weighted by Crippen LogP contribution is 2.36. The molecule has 9 nitrogen and oxygen atoms in total. The highest BCUT2D eigenvalue weighted by molar-refractivity contribution is 7.89. The molecule has 0 atom stereocenters. The van der Waals surface area contributed by atoms with E-state index in [1.807, 2.05) is 0 Å². The molecule has 1 aromatic carbocycles. The normalized spacial score (nSPS) is 15.3. The highest BCUT2D eigenvalue weighted by Gasteiger charge is 2.30. The number of hydrogen-bond donors (Lipinski definition) is 0. The summed E-state index contributed by atoms with van der Waals surface area (Å²) in [6, 6.07) is 2.73. The Morgan fingerprint density at radius 2 is 1.86 bits per heavy atom. The van der Waals surface area contributed by atoms with Crippen molar-refractivity contribution >= 4 is 15.9 Å². The first-order chi connectivity index (χ1) is 13.4. The molecule has 1 amide bonds. The van der Waals surface area contributed by atoms with Crippen LogP contribution in [0.4, 0.5) is 0 Å². The number of ether oxygens (including phenoxy) is 4. The van der Waals surface area contributed by atoms with Gasteiger partial charge in [0.05, 0.1) is 37.9 Å². The summed E-state index contributed by atoms with van der Waals surface area (Å²) in [4.78, 5) is 14.5. The fourth-order valence-electron chi connectivity index (χ4n) is 2.94. The average molecular weight is 416 g/mol. The van der Waals surface area contributed by atoms with Crippen molar-refractivity contribution in [1.29, 1.82) is 0 Å². The van der Waals surface area contributed by atoms with Crippen molar-refractivity contribution in [3.05, 3.63) is 17.7 Å². The van der Waals surface area contributed by atoms with Crippen LogP contribution in [-0.2, 0) is 19.5 Å². The Kier molecular flexibility index (Phi) is 8.05. The van der Waals surface area contributed by atoms with Gasteiger partial charge < -0.3 is 23.8 Å². The van der Waals surface area contributed by atoms with Crippen LogP contribution >= 0.6 is 0 Å². The molecular formula is C18H28N2O7S. The van der Waals surface area contributed by atoms with Gasteiger partial charge in [0, 0.05) is 46.5 Å². The van der Waals surface area contributed by atoms with E-state index in [0.29, 0.717) is 32.8 Å². The number of benzene rings is 1. The van der Waals surface area contributed by atoms with Crippen molar-refractivity contribution in [3.63, 3.8) is 0 Å². The Morgan fingerprint density at radius 1 is 1.18 bits per heavy atom. The molecule has 1 aliphatic heterocycles. The quantitative estimate of drug-likeness (QED) is 0.551. The van der Waals surface area contributed by atoms with Crippen molar-refractivity contribution in [2.75, 3.05) is 67.8 Å². The van der Waals surface area contributed by atoms with E-state index in [1.54, 1.807) is 14.2 Å². The Balaban J connectivity index is 2.44. The zero-order valence-electron chi connectivity index (χ0n) is 16.8. The van der Waals surface area contributed by atoms with E-state index in [9.17, 15) is 13.2 Å². The Hall–Kier alpha value is -1.88. The largest absolute Gasteiger partial charge is 0.493 e. The monoisotopic (exact) mass is 416 g/mol. The van der Waals surface area contributed by atoms with Crippen LogP contribution in [0.1, 0.15) is 16.8 Å². The van der Waals surface area contributed by atoms with Crippen LogP contribution in [0.2, 0.25) is 0 Å².